The van der Waals surface area contributed by atoms with Crippen molar-refractivity contribution >= 4 is 23.2 Å². The number of carbonyl (C=O) groups is 2. The monoisotopic (exact) mass is 353 g/mol. The molecule has 0 unspecified atom stereocenters. The zero-order chi connectivity index (χ0) is 18.0. The number of para-hydroxylation sites is 2. The van der Waals surface area contributed by atoms with E-state index in [4.69, 9.17) is 0 Å². The number of aromatic amines is 1. The number of H-pyrrole nitrogens is 1. The second-order valence-corrected chi connectivity index (χ2v) is 7.05. The van der Waals surface area contributed by atoms with Crippen LogP contribution in [0.4, 0.5) is 11.4 Å². The minimum Gasteiger partial charge on any atom is -0.369 e. The van der Waals surface area contributed by atoms with Crippen molar-refractivity contribution in [1.29, 1.82) is 0 Å². The second kappa shape index (κ2) is 6.82. The van der Waals surface area contributed by atoms with E-state index in [1.807, 2.05) is 35.4 Å². The van der Waals surface area contributed by atoms with Gasteiger partial charge in [0.1, 0.15) is 5.54 Å². The Morgan fingerprint density at radius 1 is 1.19 bits per heavy atom. The molecule has 4 rings (SSSR count). The topological polar surface area (TPSA) is 90.1 Å². The van der Waals surface area contributed by atoms with Crippen LogP contribution in [-0.4, -0.2) is 45.5 Å². The zero-order valence-electron chi connectivity index (χ0n) is 14.6. The molecule has 136 valence electrons. The van der Waals surface area contributed by atoms with E-state index in [0.29, 0.717) is 32.4 Å². The molecule has 3 heterocycles. The van der Waals surface area contributed by atoms with Gasteiger partial charge in [0.05, 0.1) is 17.6 Å². The molecule has 7 nitrogen and oxygen atoms in total. The summed E-state index contributed by atoms with van der Waals surface area (Å²) in [6, 6.07) is 7.73. The summed E-state index contributed by atoms with van der Waals surface area (Å²) >= 11 is 0. The molecular formula is C19H23N5O2. The van der Waals surface area contributed by atoms with Crippen LogP contribution in [0.5, 0.6) is 0 Å². The lowest BCUT2D eigenvalue weighted by Crippen LogP contribution is -2.59. The summed E-state index contributed by atoms with van der Waals surface area (Å²) in [7, 11) is 0. The zero-order valence-corrected chi connectivity index (χ0v) is 14.6. The standard InChI is InChI=1S/C19H23N5O2/c25-17(7-3-4-14-12-20-21-13-14)24-10-8-19(9-11-24)18(26)22-15-5-1-2-6-16(15)23-19/h1-2,5-6,12-13,23H,3-4,7-11H2,(H,20,21)(H,22,26). The first-order chi connectivity index (χ1) is 12.7. The molecule has 1 aromatic carbocycles. The Hall–Kier alpha value is -2.83. The van der Waals surface area contributed by atoms with Gasteiger partial charge in [0.15, 0.2) is 0 Å². The predicted molar refractivity (Wildman–Crippen MR) is 98.8 cm³/mol. The number of aromatic nitrogens is 2. The molecule has 1 saturated heterocycles. The van der Waals surface area contributed by atoms with Crippen LogP contribution in [0.1, 0.15) is 31.2 Å². The summed E-state index contributed by atoms with van der Waals surface area (Å²) in [5, 5.41) is 13.1. The van der Waals surface area contributed by atoms with Crippen molar-refractivity contribution in [1.82, 2.24) is 15.1 Å². The molecule has 1 fully saturated rings. The van der Waals surface area contributed by atoms with E-state index in [-0.39, 0.29) is 11.8 Å². The third-order valence-electron chi connectivity index (χ3n) is 5.36. The first-order valence-corrected chi connectivity index (χ1v) is 9.10. The highest BCUT2D eigenvalue weighted by Gasteiger charge is 2.44. The predicted octanol–water partition coefficient (Wildman–Crippen LogP) is 2.16. The van der Waals surface area contributed by atoms with Crippen LogP contribution in [0.25, 0.3) is 0 Å². The molecule has 2 aliphatic heterocycles. The number of hydrogen-bond donors (Lipinski definition) is 3. The number of nitrogens with zero attached hydrogens (tertiary/aromatic N) is 2. The summed E-state index contributed by atoms with van der Waals surface area (Å²) < 4.78 is 0. The molecule has 7 heteroatoms. The van der Waals surface area contributed by atoms with Crippen LogP contribution in [0, 0.1) is 0 Å². The van der Waals surface area contributed by atoms with Crippen LogP contribution in [-0.2, 0) is 16.0 Å². The van der Waals surface area contributed by atoms with E-state index in [0.717, 1.165) is 29.8 Å². The van der Waals surface area contributed by atoms with E-state index in [2.05, 4.69) is 20.8 Å². The number of amides is 2. The number of benzene rings is 1. The van der Waals surface area contributed by atoms with Gasteiger partial charge >= 0.3 is 0 Å². The van der Waals surface area contributed by atoms with Gasteiger partial charge < -0.3 is 15.5 Å². The van der Waals surface area contributed by atoms with E-state index >= 15 is 0 Å². The summed E-state index contributed by atoms with van der Waals surface area (Å²) in [6.07, 6.45) is 7.09. The Kier molecular flexibility index (Phi) is 4.36. The first-order valence-electron chi connectivity index (χ1n) is 9.10. The lowest BCUT2D eigenvalue weighted by molar-refractivity contribution is -0.134. The molecule has 0 saturated carbocycles. The molecule has 2 amide bonds. The number of anilines is 2. The maximum atomic E-state index is 12.6. The Bertz CT molecular complexity index is 794. The molecule has 1 aromatic heterocycles. The molecule has 3 N–H and O–H groups in total. The van der Waals surface area contributed by atoms with E-state index < -0.39 is 5.54 Å². The average Bonchev–Trinajstić information content (AvgIpc) is 3.17. The molecule has 0 aliphatic carbocycles. The Balaban J connectivity index is 1.32. The summed E-state index contributed by atoms with van der Waals surface area (Å²) in [5.41, 5.74) is 2.28. The largest absolute Gasteiger partial charge is 0.369 e. The highest BCUT2D eigenvalue weighted by atomic mass is 16.2. The highest BCUT2D eigenvalue weighted by molar-refractivity contribution is 6.06. The molecule has 0 bridgehead atoms. The number of carbonyl (C=O) groups excluding carboxylic acids is 2. The van der Waals surface area contributed by atoms with Gasteiger partial charge in [0.2, 0.25) is 11.8 Å². The van der Waals surface area contributed by atoms with Crippen molar-refractivity contribution in [3.63, 3.8) is 0 Å². The summed E-state index contributed by atoms with van der Waals surface area (Å²) in [6.45, 7) is 1.21. The molecule has 0 radical (unpaired) electrons. The number of nitrogens with one attached hydrogen (secondary N) is 3. The van der Waals surface area contributed by atoms with Gasteiger partial charge in [-0.1, -0.05) is 12.1 Å². The minimum atomic E-state index is -0.609. The first kappa shape index (κ1) is 16.6. The van der Waals surface area contributed by atoms with Gasteiger partial charge in [-0.15, -0.1) is 0 Å². The molecule has 26 heavy (non-hydrogen) atoms. The van der Waals surface area contributed by atoms with Gasteiger partial charge in [-0.25, -0.2) is 0 Å². The smallest absolute Gasteiger partial charge is 0.250 e. The Labute approximate surface area is 152 Å². The van der Waals surface area contributed by atoms with E-state index in [1.54, 1.807) is 6.20 Å². The van der Waals surface area contributed by atoms with Crippen molar-refractivity contribution in [2.75, 3.05) is 23.7 Å². The quantitative estimate of drug-likeness (QED) is 0.786. The fourth-order valence-electron chi connectivity index (χ4n) is 3.76. The normalized spacial score (nSPS) is 18.2. The number of aryl methyl sites for hydroxylation is 1. The Morgan fingerprint density at radius 3 is 2.69 bits per heavy atom. The maximum absolute atomic E-state index is 12.6. The SMILES string of the molecule is O=C(CCCc1cn[nH]c1)N1CCC2(CC1)Nc1ccccc1NC2=O. The van der Waals surface area contributed by atoms with Gasteiger partial charge in [-0.2, -0.15) is 5.10 Å². The fourth-order valence-corrected chi connectivity index (χ4v) is 3.76. The van der Waals surface area contributed by atoms with Crippen molar-refractivity contribution in [2.45, 2.75) is 37.6 Å². The van der Waals surface area contributed by atoms with Crippen molar-refractivity contribution in [2.24, 2.45) is 0 Å². The molecule has 1 spiro atoms. The lowest BCUT2D eigenvalue weighted by Gasteiger charge is -2.44. The Morgan fingerprint density at radius 2 is 1.96 bits per heavy atom. The number of fused-ring (bicyclic) bond motifs is 1. The average molecular weight is 353 g/mol. The number of likely N-dealkylation sites (tertiary alicyclic amines) is 1. The summed E-state index contributed by atoms with van der Waals surface area (Å²) in [4.78, 5) is 27.0. The maximum Gasteiger partial charge on any atom is 0.250 e. The highest BCUT2D eigenvalue weighted by Crippen LogP contribution is 2.36. The third kappa shape index (κ3) is 3.16. The van der Waals surface area contributed by atoms with Crippen molar-refractivity contribution in [3.05, 3.63) is 42.2 Å². The number of rotatable bonds is 4. The fraction of sp³-hybridized carbons (Fsp3) is 0.421. The van der Waals surface area contributed by atoms with E-state index in [9.17, 15) is 9.59 Å². The van der Waals surface area contributed by atoms with Crippen LogP contribution in [0.3, 0.4) is 0 Å². The van der Waals surface area contributed by atoms with Gasteiger partial charge in [-0.3, -0.25) is 14.7 Å². The molecule has 2 aromatic rings. The molecule has 2 aliphatic rings. The third-order valence-corrected chi connectivity index (χ3v) is 5.36. The van der Waals surface area contributed by atoms with Crippen LogP contribution in [0.2, 0.25) is 0 Å². The number of piperidine rings is 1. The second-order valence-electron chi connectivity index (χ2n) is 7.05. The van der Waals surface area contributed by atoms with Gasteiger partial charge in [0, 0.05) is 25.7 Å². The lowest BCUT2D eigenvalue weighted by atomic mass is 9.84. The molecular weight excluding hydrogens is 330 g/mol. The van der Waals surface area contributed by atoms with Crippen LogP contribution in [0.15, 0.2) is 36.7 Å². The van der Waals surface area contributed by atoms with Crippen molar-refractivity contribution in [3.8, 4) is 0 Å². The van der Waals surface area contributed by atoms with Crippen LogP contribution < -0.4 is 10.6 Å². The number of hydrogen-bond acceptors (Lipinski definition) is 4. The van der Waals surface area contributed by atoms with Gasteiger partial charge in [0.25, 0.3) is 0 Å². The van der Waals surface area contributed by atoms with Crippen molar-refractivity contribution < 1.29 is 9.59 Å². The summed E-state index contributed by atoms with van der Waals surface area (Å²) in [5.74, 6) is 0.170. The van der Waals surface area contributed by atoms with E-state index in [1.165, 1.54) is 0 Å². The van der Waals surface area contributed by atoms with Crippen LogP contribution >= 0.6 is 0 Å². The minimum absolute atomic E-state index is 0.00302. The van der Waals surface area contributed by atoms with Gasteiger partial charge in [-0.05, 0) is 43.4 Å². The molecule has 0 atom stereocenters.